The first-order chi connectivity index (χ1) is 6.03. The van der Waals surface area contributed by atoms with Crippen molar-refractivity contribution in [2.45, 2.75) is 32.1 Å². The minimum Gasteiger partial charge on any atom is -0.383 e. The highest BCUT2D eigenvalue weighted by atomic mass is 127. The summed E-state index contributed by atoms with van der Waals surface area (Å²) in [6.07, 6.45) is 2.37. The first-order valence-corrected chi connectivity index (χ1v) is 5.41. The summed E-state index contributed by atoms with van der Waals surface area (Å²) >= 11 is 2.18. The van der Waals surface area contributed by atoms with Crippen LogP contribution in [0.25, 0.3) is 0 Å². The average molecular weight is 289 g/mol. The molecule has 0 aromatic carbocycles. The predicted molar refractivity (Wildman–Crippen MR) is 60.5 cm³/mol. The third-order valence-corrected chi connectivity index (χ3v) is 3.92. The van der Waals surface area contributed by atoms with Gasteiger partial charge in [0.15, 0.2) is 0 Å². The Morgan fingerprint density at radius 2 is 2.00 bits per heavy atom. The predicted octanol–water partition coefficient (Wildman–Crippen LogP) is 2.02. The number of anilines is 1. The maximum atomic E-state index is 5.79. The summed E-state index contributed by atoms with van der Waals surface area (Å²) in [5.41, 5.74) is 7.00. The molecule has 3 nitrogen and oxygen atoms in total. The number of aromatic nitrogens is 2. The molecule has 1 saturated carbocycles. The van der Waals surface area contributed by atoms with Gasteiger partial charge in [-0.05, 0) is 42.4 Å². The van der Waals surface area contributed by atoms with Crippen LogP contribution in [0.3, 0.4) is 0 Å². The number of rotatable bonds is 1. The molecule has 1 fully saturated rings. The van der Waals surface area contributed by atoms with Gasteiger partial charge in [-0.2, -0.15) is 0 Å². The zero-order valence-corrected chi connectivity index (χ0v) is 9.92. The molecule has 1 aromatic rings. The molecule has 0 unspecified atom stereocenters. The Balaban J connectivity index is 2.50. The average Bonchev–Trinajstić information content (AvgIpc) is 2.80. The van der Waals surface area contributed by atoms with Crippen molar-refractivity contribution in [2.24, 2.45) is 0 Å². The van der Waals surface area contributed by atoms with Crippen LogP contribution < -0.4 is 5.73 Å². The highest BCUT2D eigenvalue weighted by Gasteiger charge is 2.42. The quantitative estimate of drug-likeness (QED) is 0.805. The monoisotopic (exact) mass is 289 g/mol. The van der Waals surface area contributed by atoms with Gasteiger partial charge in [-0.1, -0.05) is 6.92 Å². The van der Waals surface area contributed by atoms with Gasteiger partial charge in [-0.15, -0.1) is 0 Å². The van der Waals surface area contributed by atoms with E-state index in [1.165, 1.54) is 12.8 Å². The van der Waals surface area contributed by atoms with E-state index in [0.29, 0.717) is 5.82 Å². The van der Waals surface area contributed by atoms with E-state index < -0.39 is 0 Å². The Labute approximate surface area is 91.3 Å². The Bertz CT molecular complexity index is 335. The number of halogens is 1. The van der Waals surface area contributed by atoms with E-state index in [9.17, 15) is 0 Å². The highest BCUT2D eigenvalue weighted by Crippen LogP contribution is 2.46. The van der Waals surface area contributed by atoms with Gasteiger partial charge in [-0.3, -0.25) is 0 Å². The van der Waals surface area contributed by atoms with Gasteiger partial charge in [0.2, 0.25) is 0 Å². The second-order valence-corrected chi connectivity index (χ2v) is 4.97. The molecular formula is C9H12IN3. The highest BCUT2D eigenvalue weighted by molar-refractivity contribution is 14.1. The summed E-state index contributed by atoms with van der Waals surface area (Å²) in [6, 6.07) is 0. The maximum Gasteiger partial charge on any atom is 0.140 e. The lowest BCUT2D eigenvalue weighted by molar-refractivity contribution is 0.703. The molecule has 0 amide bonds. The van der Waals surface area contributed by atoms with Crippen molar-refractivity contribution in [3.05, 3.63) is 15.1 Å². The van der Waals surface area contributed by atoms with Crippen LogP contribution >= 0.6 is 22.6 Å². The first kappa shape index (κ1) is 9.18. The number of aryl methyl sites for hydroxylation is 1. The van der Waals surface area contributed by atoms with Gasteiger partial charge in [0.25, 0.3) is 0 Å². The van der Waals surface area contributed by atoms with Crippen molar-refractivity contribution in [1.82, 2.24) is 9.97 Å². The Kier molecular flexibility index (Phi) is 1.98. The van der Waals surface area contributed by atoms with Crippen molar-refractivity contribution in [3.8, 4) is 0 Å². The van der Waals surface area contributed by atoms with E-state index in [1.807, 2.05) is 6.92 Å². The first-order valence-electron chi connectivity index (χ1n) is 4.33. The van der Waals surface area contributed by atoms with Crippen LogP contribution in [-0.2, 0) is 5.41 Å². The Morgan fingerprint density at radius 1 is 1.38 bits per heavy atom. The number of hydrogen-bond acceptors (Lipinski definition) is 3. The molecule has 0 saturated heterocycles. The van der Waals surface area contributed by atoms with Crippen LogP contribution in [0.1, 0.15) is 31.3 Å². The van der Waals surface area contributed by atoms with E-state index in [0.717, 1.165) is 15.1 Å². The molecular weight excluding hydrogens is 277 g/mol. The summed E-state index contributed by atoms with van der Waals surface area (Å²) in [7, 11) is 0. The molecule has 13 heavy (non-hydrogen) atoms. The zero-order chi connectivity index (χ0) is 9.64. The fourth-order valence-corrected chi connectivity index (χ4v) is 1.50. The number of nitrogens with two attached hydrogens (primary N) is 1. The van der Waals surface area contributed by atoms with Crippen LogP contribution in [0.15, 0.2) is 0 Å². The van der Waals surface area contributed by atoms with Crippen LogP contribution in [0, 0.1) is 10.5 Å². The molecule has 4 heteroatoms. The minimum absolute atomic E-state index is 0.212. The van der Waals surface area contributed by atoms with Crippen LogP contribution in [0.4, 0.5) is 5.82 Å². The topological polar surface area (TPSA) is 51.8 Å². The summed E-state index contributed by atoms with van der Waals surface area (Å²) < 4.78 is 0.977. The van der Waals surface area contributed by atoms with Crippen molar-refractivity contribution in [2.75, 3.05) is 5.73 Å². The standard InChI is InChI=1S/C9H12IN3/c1-5-6(10)7(11)13-8(12-5)9(2)3-4-9/h3-4H2,1-2H3,(H2,11,12,13). The summed E-state index contributed by atoms with van der Waals surface area (Å²) in [5, 5.41) is 0. The molecule has 0 spiro atoms. The number of hydrogen-bond donors (Lipinski definition) is 1. The minimum atomic E-state index is 0.212. The van der Waals surface area contributed by atoms with Crippen LogP contribution in [0.2, 0.25) is 0 Å². The van der Waals surface area contributed by atoms with E-state index in [2.05, 4.69) is 39.5 Å². The van der Waals surface area contributed by atoms with Crippen molar-refractivity contribution >= 4 is 28.4 Å². The Morgan fingerprint density at radius 3 is 2.46 bits per heavy atom. The van der Waals surface area contributed by atoms with E-state index in [-0.39, 0.29) is 5.41 Å². The molecule has 0 bridgehead atoms. The lowest BCUT2D eigenvalue weighted by Crippen LogP contribution is -2.11. The summed E-state index contributed by atoms with van der Waals surface area (Å²) in [4.78, 5) is 8.80. The molecule has 0 radical (unpaired) electrons. The molecule has 70 valence electrons. The molecule has 2 rings (SSSR count). The van der Waals surface area contributed by atoms with E-state index in [4.69, 9.17) is 5.73 Å². The third kappa shape index (κ3) is 1.51. The maximum absolute atomic E-state index is 5.79. The van der Waals surface area contributed by atoms with Gasteiger partial charge >= 0.3 is 0 Å². The fourth-order valence-electron chi connectivity index (χ4n) is 1.26. The molecule has 0 aliphatic heterocycles. The van der Waals surface area contributed by atoms with Crippen molar-refractivity contribution < 1.29 is 0 Å². The zero-order valence-electron chi connectivity index (χ0n) is 7.76. The van der Waals surface area contributed by atoms with Crippen molar-refractivity contribution in [1.29, 1.82) is 0 Å². The largest absolute Gasteiger partial charge is 0.383 e. The second-order valence-electron chi connectivity index (χ2n) is 3.89. The molecule has 1 aliphatic carbocycles. The molecule has 2 N–H and O–H groups in total. The number of nitrogen functional groups attached to an aromatic ring is 1. The smallest absolute Gasteiger partial charge is 0.140 e. The normalized spacial score (nSPS) is 18.7. The fraction of sp³-hybridized carbons (Fsp3) is 0.556. The van der Waals surface area contributed by atoms with Crippen molar-refractivity contribution in [3.63, 3.8) is 0 Å². The van der Waals surface area contributed by atoms with Gasteiger partial charge in [0.1, 0.15) is 11.6 Å². The molecule has 1 heterocycles. The molecule has 0 atom stereocenters. The SMILES string of the molecule is Cc1nc(C2(C)CC2)nc(N)c1I. The number of nitrogens with zero attached hydrogens (tertiary/aromatic N) is 2. The van der Waals surface area contributed by atoms with Crippen LogP contribution in [0.5, 0.6) is 0 Å². The second kappa shape index (κ2) is 2.80. The van der Waals surface area contributed by atoms with E-state index in [1.54, 1.807) is 0 Å². The molecule has 1 aromatic heterocycles. The Hall–Kier alpha value is -0.390. The van der Waals surface area contributed by atoms with E-state index >= 15 is 0 Å². The van der Waals surface area contributed by atoms with Gasteiger partial charge in [0.05, 0.1) is 9.26 Å². The van der Waals surface area contributed by atoms with Gasteiger partial charge < -0.3 is 5.73 Å². The molecule has 1 aliphatic rings. The lowest BCUT2D eigenvalue weighted by Gasteiger charge is -2.09. The lowest BCUT2D eigenvalue weighted by atomic mass is 10.1. The third-order valence-electron chi connectivity index (χ3n) is 2.58. The summed E-state index contributed by atoms with van der Waals surface area (Å²) in [5.74, 6) is 1.54. The summed E-state index contributed by atoms with van der Waals surface area (Å²) in [6.45, 7) is 4.17. The van der Waals surface area contributed by atoms with Gasteiger partial charge in [0, 0.05) is 5.41 Å². The van der Waals surface area contributed by atoms with Gasteiger partial charge in [-0.25, -0.2) is 9.97 Å². The van der Waals surface area contributed by atoms with Crippen LogP contribution in [-0.4, -0.2) is 9.97 Å².